The average molecular weight is 329 g/mol. The van der Waals surface area contributed by atoms with Crippen molar-refractivity contribution in [1.82, 2.24) is 4.90 Å². The fourth-order valence-electron chi connectivity index (χ4n) is 2.65. The third kappa shape index (κ3) is 2.88. The van der Waals surface area contributed by atoms with Crippen molar-refractivity contribution in [3.63, 3.8) is 0 Å². The Morgan fingerprint density at radius 2 is 2.00 bits per heavy atom. The highest BCUT2D eigenvalue weighted by Crippen LogP contribution is 2.31. The monoisotopic (exact) mass is 329 g/mol. The third-order valence-electron chi connectivity index (χ3n) is 3.95. The van der Waals surface area contributed by atoms with Gasteiger partial charge in [0, 0.05) is 18.5 Å². The number of rotatable bonds is 5. The first-order valence-corrected chi connectivity index (χ1v) is 8.72. The number of fused-ring (bicyclic) bond motifs is 3. The molecule has 120 valence electrons. The topological polar surface area (TPSA) is 50.5 Å². The minimum Gasteiger partial charge on any atom is -0.422 e. The summed E-state index contributed by atoms with van der Waals surface area (Å²) in [6, 6.07) is 9.11. The van der Waals surface area contributed by atoms with E-state index in [1.165, 1.54) is 11.3 Å². The van der Waals surface area contributed by atoms with Gasteiger partial charge in [0.1, 0.15) is 5.58 Å². The van der Waals surface area contributed by atoms with Gasteiger partial charge < -0.3 is 9.32 Å². The SMILES string of the molecule is CCCCN(CC)C(=O)c1cc2c(=O)oc3ccccc3c2s1. The molecule has 0 saturated heterocycles. The minimum absolute atomic E-state index is 0.00867. The molecule has 23 heavy (non-hydrogen) atoms. The van der Waals surface area contributed by atoms with Gasteiger partial charge in [0.25, 0.3) is 5.91 Å². The molecule has 1 aromatic carbocycles. The van der Waals surface area contributed by atoms with Gasteiger partial charge >= 0.3 is 5.63 Å². The average Bonchev–Trinajstić information content (AvgIpc) is 3.01. The van der Waals surface area contributed by atoms with Crippen LogP contribution in [0.5, 0.6) is 0 Å². The molecule has 0 saturated carbocycles. The molecule has 0 fully saturated rings. The van der Waals surface area contributed by atoms with E-state index in [1.807, 2.05) is 30.0 Å². The lowest BCUT2D eigenvalue weighted by Crippen LogP contribution is -2.31. The Morgan fingerprint density at radius 1 is 1.22 bits per heavy atom. The largest absolute Gasteiger partial charge is 0.422 e. The molecule has 1 amide bonds. The molecule has 0 aliphatic carbocycles. The van der Waals surface area contributed by atoms with Gasteiger partial charge in [-0.1, -0.05) is 25.5 Å². The summed E-state index contributed by atoms with van der Waals surface area (Å²) in [5.74, 6) is -0.00867. The molecule has 0 spiro atoms. The minimum atomic E-state index is -0.384. The summed E-state index contributed by atoms with van der Waals surface area (Å²) in [5.41, 5.74) is 0.176. The van der Waals surface area contributed by atoms with Crippen LogP contribution < -0.4 is 5.63 Å². The van der Waals surface area contributed by atoms with Gasteiger partial charge in [-0.25, -0.2) is 4.79 Å². The van der Waals surface area contributed by atoms with Crippen LogP contribution in [0.4, 0.5) is 0 Å². The second kappa shape index (κ2) is 6.54. The fraction of sp³-hybridized carbons (Fsp3) is 0.333. The molecule has 0 aliphatic heterocycles. The summed E-state index contributed by atoms with van der Waals surface area (Å²) in [7, 11) is 0. The van der Waals surface area contributed by atoms with E-state index >= 15 is 0 Å². The number of unbranched alkanes of at least 4 members (excludes halogenated alkanes) is 1. The lowest BCUT2D eigenvalue weighted by molar-refractivity contribution is 0.0767. The van der Waals surface area contributed by atoms with Crippen LogP contribution in [0.3, 0.4) is 0 Å². The molecule has 0 unspecified atom stereocenters. The zero-order chi connectivity index (χ0) is 16.4. The van der Waals surface area contributed by atoms with E-state index < -0.39 is 0 Å². The first kappa shape index (κ1) is 15.7. The molecule has 0 radical (unpaired) electrons. The van der Waals surface area contributed by atoms with E-state index in [-0.39, 0.29) is 11.5 Å². The predicted octanol–water partition coefficient (Wildman–Crippen LogP) is 4.27. The van der Waals surface area contributed by atoms with Crippen molar-refractivity contribution in [2.24, 2.45) is 0 Å². The Morgan fingerprint density at radius 3 is 2.74 bits per heavy atom. The molecule has 2 heterocycles. The number of nitrogens with zero attached hydrogens (tertiary/aromatic N) is 1. The number of hydrogen-bond donors (Lipinski definition) is 0. The maximum atomic E-state index is 12.7. The highest BCUT2D eigenvalue weighted by atomic mass is 32.1. The number of carbonyl (C=O) groups excluding carboxylic acids is 1. The lowest BCUT2D eigenvalue weighted by Gasteiger charge is -2.19. The van der Waals surface area contributed by atoms with Gasteiger partial charge in [-0.05, 0) is 31.5 Å². The first-order valence-electron chi connectivity index (χ1n) is 7.90. The summed E-state index contributed by atoms with van der Waals surface area (Å²) in [4.78, 5) is 27.3. The predicted molar refractivity (Wildman–Crippen MR) is 94.4 cm³/mol. The molecular formula is C18H19NO3S. The van der Waals surface area contributed by atoms with Gasteiger partial charge in [0.05, 0.1) is 15.0 Å². The van der Waals surface area contributed by atoms with Gasteiger partial charge in [-0.3, -0.25) is 4.79 Å². The maximum absolute atomic E-state index is 12.7. The Labute approximate surface area is 138 Å². The van der Waals surface area contributed by atoms with Crippen LogP contribution in [0, 0.1) is 0 Å². The zero-order valence-corrected chi connectivity index (χ0v) is 14.1. The summed E-state index contributed by atoms with van der Waals surface area (Å²) in [5, 5.41) is 1.37. The van der Waals surface area contributed by atoms with Crippen molar-refractivity contribution < 1.29 is 9.21 Å². The highest BCUT2D eigenvalue weighted by Gasteiger charge is 2.19. The molecular weight excluding hydrogens is 310 g/mol. The Kier molecular flexibility index (Phi) is 4.48. The number of para-hydroxylation sites is 1. The van der Waals surface area contributed by atoms with Crippen LogP contribution in [0.15, 0.2) is 39.5 Å². The second-order valence-corrected chi connectivity index (χ2v) is 6.53. The Hall–Kier alpha value is -2.14. The first-order chi connectivity index (χ1) is 11.2. The summed E-state index contributed by atoms with van der Waals surface area (Å²) in [6.07, 6.45) is 2.03. The van der Waals surface area contributed by atoms with E-state index in [1.54, 1.807) is 12.1 Å². The quantitative estimate of drug-likeness (QED) is 0.657. The van der Waals surface area contributed by atoms with Gasteiger partial charge in [-0.15, -0.1) is 11.3 Å². The van der Waals surface area contributed by atoms with Gasteiger partial charge in [-0.2, -0.15) is 0 Å². The fourth-order valence-corrected chi connectivity index (χ4v) is 3.80. The maximum Gasteiger partial charge on any atom is 0.345 e. The summed E-state index contributed by atoms with van der Waals surface area (Å²) in [6.45, 7) is 5.50. The van der Waals surface area contributed by atoms with Gasteiger partial charge in [0.2, 0.25) is 0 Å². The standard InChI is InChI=1S/C18H19NO3S/c1-3-5-10-19(4-2)17(20)15-11-13-16(23-15)12-8-6-7-9-14(12)22-18(13)21/h6-9,11H,3-5,10H2,1-2H3. The number of carbonyl (C=O) groups is 1. The van der Waals surface area contributed by atoms with Crippen molar-refractivity contribution in [1.29, 1.82) is 0 Å². The molecule has 0 aliphatic rings. The van der Waals surface area contributed by atoms with Crippen molar-refractivity contribution in [3.8, 4) is 0 Å². The van der Waals surface area contributed by atoms with E-state index in [0.29, 0.717) is 22.4 Å². The third-order valence-corrected chi connectivity index (χ3v) is 5.10. The molecule has 0 bridgehead atoms. The number of thiophene rings is 1. The molecule has 3 aromatic rings. The smallest absolute Gasteiger partial charge is 0.345 e. The number of hydrogen-bond acceptors (Lipinski definition) is 4. The second-order valence-electron chi connectivity index (χ2n) is 5.48. The van der Waals surface area contributed by atoms with E-state index in [4.69, 9.17) is 4.42 Å². The summed E-state index contributed by atoms with van der Waals surface area (Å²) >= 11 is 1.37. The van der Waals surface area contributed by atoms with E-state index in [9.17, 15) is 9.59 Å². The van der Waals surface area contributed by atoms with Crippen LogP contribution in [0.2, 0.25) is 0 Å². The van der Waals surface area contributed by atoms with E-state index in [2.05, 4.69) is 6.92 Å². The van der Waals surface area contributed by atoms with Crippen molar-refractivity contribution in [2.45, 2.75) is 26.7 Å². The van der Waals surface area contributed by atoms with Crippen molar-refractivity contribution in [3.05, 3.63) is 45.6 Å². The summed E-state index contributed by atoms with van der Waals surface area (Å²) < 4.78 is 6.17. The lowest BCUT2D eigenvalue weighted by atomic mass is 10.2. The Balaban J connectivity index is 2.09. The normalized spacial score (nSPS) is 11.2. The van der Waals surface area contributed by atoms with Gasteiger partial charge in [0.15, 0.2) is 0 Å². The molecule has 0 N–H and O–H groups in total. The van der Waals surface area contributed by atoms with Crippen LogP contribution in [-0.4, -0.2) is 23.9 Å². The van der Waals surface area contributed by atoms with Crippen LogP contribution in [0.1, 0.15) is 36.4 Å². The zero-order valence-electron chi connectivity index (χ0n) is 13.3. The molecule has 5 heteroatoms. The number of benzene rings is 1. The highest BCUT2D eigenvalue weighted by molar-refractivity contribution is 7.21. The molecule has 0 atom stereocenters. The van der Waals surface area contributed by atoms with Crippen molar-refractivity contribution in [2.75, 3.05) is 13.1 Å². The van der Waals surface area contributed by atoms with Crippen LogP contribution in [0.25, 0.3) is 21.1 Å². The van der Waals surface area contributed by atoms with Crippen molar-refractivity contribution >= 4 is 38.3 Å². The van der Waals surface area contributed by atoms with Crippen LogP contribution in [-0.2, 0) is 0 Å². The Bertz CT molecular complexity index is 909. The van der Waals surface area contributed by atoms with Crippen LogP contribution >= 0.6 is 11.3 Å². The molecule has 3 rings (SSSR count). The molecule has 2 aromatic heterocycles. The van der Waals surface area contributed by atoms with E-state index in [0.717, 1.165) is 29.5 Å². The molecule has 4 nitrogen and oxygen atoms in total. The number of amides is 1.